The Balaban J connectivity index is 1.80. The van der Waals surface area contributed by atoms with Gasteiger partial charge >= 0.3 is 6.03 Å². The van der Waals surface area contributed by atoms with Gasteiger partial charge in [0.15, 0.2) is 0 Å². The average Bonchev–Trinajstić information content (AvgIpc) is 3.03. The van der Waals surface area contributed by atoms with Crippen molar-refractivity contribution < 1.29 is 14.4 Å². The van der Waals surface area contributed by atoms with Gasteiger partial charge in [-0.15, -0.1) is 0 Å². The molecular formula is C21H14N4O3. The van der Waals surface area contributed by atoms with E-state index < -0.39 is 17.8 Å². The van der Waals surface area contributed by atoms with E-state index in [1.807, 2.05) is 53.2 Å². The highest BCUT2D eigenvalue weighted by atomic mass is 16.2. The zero-order valence-electron chi connectivity index (χ0n) is 14.6. The van der Waals surface area contributed by atoms with Gasteiger partial charge in [-0.25, -0.2) is 4.79 Å². The zero-order valence-corrected chi connectivity index (χ0v) is 14.6. The molecule has 0 bridgehead atoms. The van der Waals surface area contributed by atoms with Gasteiger partial charge in [-0.05, 0) is 23.8 Å². The van der Waals surface area contributed by atoms with Crippen molar-refractivity contribution in [2.45, 2.75) is 6.54 Å². The lowest BCUT2D eigenvalue weighted by Gasteiger charge is -2.13. The van der Waals surface area contributed by atoms with Gasteiger partial charge in [-0.2, -0.15) is 5.26 Å². The van der Waals surface area contributed by atoms with Crippen molar-refractivity contribution >= 4 is 34.8 Å². The summed E-state index contributed by atoms with van der Waals surface area (Å²) in [7, 11) is 0. The Hall–Kier alpha value is -4.18. The number of hydrogen-bond acceptors (Lipinski definition) is 4. The molecule has 2 aromatic carbocycles. The Kier molecular flexibility index (Phi) is 4.22. The van der Waals surface area contributed by atoms with Crippen LogP contribution in [0.4, 0.5) is 4.79 Å². The number of nitriles is 1. The average molecular weight is 370 g/mol. The number of hydrogen-bond donors (Lipinski definition) is 2. The third-order valence-electron chi connectivity index (χ3n) is 4.54. The van der Waals surface area contributed by atoms with E-state index >= 15 is 0 Å². The standard InChI is InChI=1S/C21H14N4O3/c22-10-13-5-1-2-6-14(13)11-25-12-15(16-7-3-4-8-18(16)25)9-17-19(26)23-21(28)24-20(17)27/h1-9,12H,11H2,(H2,23,24,26,27,28). The number of carbonyl (C=O) groups is 3. The number of amides is 4. The van der Waals surface area contributed by atoms with Crippen LogP contribution in [0.15, 0.2) is 60.3 Å². The quantitative estimate of drug-likeness (QED) is 0.545. The first kappa shape index (κ1) is 17.2. The number of imide groups is 2. The van der Waals surface area contributed by atoms with Crippen LogP contribution < -0.4 is 10.6 Å². The van der Waals surface area contributed by atoms with Gasteiger partial charge in [0.05, 0.1) is 11.6 Å². The van der Waals surface area contributed by atoms with E-state index in [0.717, 1.165) is 16.5 Å². The second kappa shape index (κ2) is 6.85. The minimum atomic E-state index is -0.831. The molecule has 0 atom stereocenters. The van der Waals surface area contributed by atoms with Crippen LogP contribution in [-0.4, -0.2) is 22.4 Å². The Bertz CT molecular complexity index is 1190. The Labute approximate surface area is 159 Å². The number of fused-ring (bicyclic) bond motifs is 1. The molecule has 0 unspecified atom stereocenters. The summed E-state index contributed by atoms with van der Waals surface area (Å²) < 4.78 is 1.96. The summed E-state index contributed by atoms with van der Waals surface area (Å²) in [5, 5.41) is 14.3. The largest absolute Gasteiger partial charge is 0.342 e. The summed E-state index contributed by atoms with van der Waals surface area (Å²) in [6.07, 6.45) is 3.29. The fourth-order valence-electron chi connectivity index (χ4n) is 3.23. The van der Waals surface area contributed by atoms with Gasteiger partial charge in [0.1, 0.15) is 5.57 Å². The molecular weight excluding hydrogens is 356 g/mol. The number of barbiturate groups is 1. The van der Waals surface area contributed by atoms with Crippen LogP contribution in [0.25, 0.3) is 17.0 Å². The third kappa shape index (κ3) is 3.04. The highest BCUT2D eigenvalue weighted by molar-refractivity contribution is 6.31. The summed E-state index contributed by atoms with van der Waals surface area (Å²) in [5.74, 6) is -1.47. The number of benzene rings is 2. The fourth-order valence-corrected chi connectivity index (χ4v) is 3.23. The summed E-state index contributed by atoms with van der Waals surface area (Å²) in [4.78, 5) is 35.3. The number of urea groups is 1. The molecule has 0 radical (unpaired) electrons. The lowest BCUT2D eigenvalue weighted by atomic mass is 10.1. The number of para-hydroxylation sites is 1. The lowest BCUT2D eigenvalue weighted by molar-refractivity contribution is -0.123. The zero-order chi connectivity index (χ0) is 19.7. The minimum absolute atomic E-state index is 0.139. The van der Waals surface area contributed by atoms with Gasteiger partial charge in [0.25, 0.3) is 11.8 Å². The van der Waals surface area contributed by atoms with Crippen LogP contribution >= 0.6 is 0 Å². The van der Waals surface area contributed by atoms with Crippen molar-refractivity contribution in [1.82, 2.24) is 15.2 Å². The second-order valence-electron chi connectivity index (χ2n) is 6.29. The first-order chi connectivity index (χ1) is 13.6. The molecule has 0 saturated carbocycles. The molecule has 1 aliphatic heterocycles. The van der Waals surface area contributed by atoms with Crippen LogP contribution in [0, 0.1) is 11.3 Å². The highest BCUT2D eigenvalue weighted by Gasteiger charge is 2.28. The number of nitrogens with one attached hydrogen (secondary N) is 2. The molecule has 0 aliphatic carbocycles. The van der Waals surface area contributed by atoms with Crippen LogP contribution in [0.1, 0.15) is 16.7 Å². The van der Waals surface area contributed by atoms with E-state index in [1.54, 1.807) is 6.07 Å². The molecule has 4 amide bonds. The van der Waals surface area contributed by atoms with Crippen LogP contribution in [0.3, 0.4) is 0 Å². The van der Waals surface area contributed by atoms with E-state index in [-0.39, 0.29) is 5.57 Å². The molecule has 2 heterocycles. The van der Waals surface area contributed by atoms with Crippen molar-refractivity contribution in [3.63, 3.8) is 0 Å². The normalized spacial score (nSPS) is 13.8. The van der Waals surface area contributed by atoms with Gasteiger partial charge < -0.3 is 4.57 Å². The summed E-state index contributed by atoms with van der Waals surface area (Å²) in [6, 6.07) is 16.3. The highest BCUT2D eigenvalue weighted by Crippen LogP contribution is 2.25. The number of nitrogens with zero attached hydrogens (tertiary/aromatic N) is 2. The lowest BCUT2D eigenvalue weighted by Crippen LogP contribution is -2.51. The van der Waals surface area contributed by atoms with Gasteiger partial charge in [0.2, 0.25) is 0 Å². The Morgan fingerprint density at radius 1 is 0.964 bits per heavy atom. The SMILES string of the molecule is N#Cc1ccccc1Cn1cc(C=C2C(=O)NC(=O)NC2=O)c2ccccc21. The predicted octanol–water partition coefficient (Wildman–Crippen LogP) is 2.31. The molecule has 2 N–H and O–H groups in total. The third-order valence-corrected chi connectivity index (χ3v) is 4.54. The summed E-state index contributed by atoms with van der Waals surface area (Å²) in [5.41, 5.74) is 2.88. The molecule has 136 valence electrons. The van der Waals surface area contributed by atoms with Crippen LogP contribution in [0.2, 0.25) is 0 Å². The second-order valence-corrected chi connectivity index (χ2v) is 6.29. The maximum atomic E-state index is 12.0. The Morgan fingerprint density at radius 3 is 2.39 bits per heavy atom. The number of aromatic nitrogens is 1. The fraction of sp³-hybridized carbons (Fsp3) is 0.0476. The molecule has 7 nitrogen and oxygen atoms in total. The van der Waals surface area contributed by atoms with E-state index in [0.29, 0.717) is 17.7 Å². The molecule has 1 aliphatic rings. The van der Waals surface area contributed by atoms with Crippen molar-refractivity contribution in [1.29, 1.82) is 5.26 Å². The summed E-state index contributed by atoms with van der Waals surface area (Å²) >= 11 is 0. The maximum Gasteiger partial charge on any atom is 0.328 e. The monoisotopic (exact) mass is 370 g/mol. The van der Waals surface area contributed by atoms with E-state index in [9.17, 15) is 19.6 Å². The topological polar surface area (TPSA) is 104 Å². The van der Waals surface area contributed by atoms with Crippen molar-refractivity contribution in [3.8, 4) is 6.07 Å². The van der Waals surface area contributed by atoms with E-state index in [1.165, 1.54) is 6.08 Å². The van der Waals surface area contributed by atoms with Crippen molar-refractivity contribution in [2.75, 3.05) is 0 Å². The molecule has 1 fully saturated rings. The molecule has 4 rings (SSSR count). The molecule has 1 saturated heterocycles. The Morgan fingerprint density at radius 2 is 1.64 bits per heavy atom. The van der Waals surface area contributed by atoms with E-state index in [2.05, 4.69) is 16.7 Å². The van der Waals surface area contributed by atoms with Gasteiger partial charge in [-0.3, -0.25) is 20.2 Å². The number of carbonyl (C=O) groups excluding carboxylic acids is 3. The molecule has 7 heteroatoms. The minimum Gasteiger partial charge on any atom is -0.342 e. The van der Waals surface area contributed by atoms with Crippen molar-refractivity contribution in [3.05, 3.63) is 77.0 Å². The number of rotatable bonds is 3. The molecule has 28 heavy (non-hydrogen) atoms. The summed E-state index contributed by atoms with van der Waals surface area (Å²) in [6.45, 7) is 0.463. The van der Waals surface area contributed by atoms with Gasteiger partial charge in [0, 0.05) is 29.2 Å². The van der Waals surface area contributed by atoms with Crippen molar-refractivity contribution in [2.24, 2.45) is 0 Å². The first-order valence-electron chi connectivity index (χ1n) is 8.51. The van der Waals surface area contributed by atoms with E-state index in [4.69, 9.17) is 0 Å². The first-order valence-corrected chi connectivity index (χ1v) is 8.51. The molecule has 3 aromatic rings. The predicted molar refractivity (Wildman–Crippen MR) is 102 cm³/mol. The molecule has 1 aromatic heterocycles. The van der Waals surface area contributed by atoms with Gasteiger partial charge in [-0.1, -0.05) is 36.4 Å². The van der Waals surface area contributed by atoms with Crippen LogP contribution in [-0.2, 0) is 16.1 Å². The maximum absolute atomic E-state index is 12.0. The molecule has 0 spiro atoms. The van der Waals surface area contributed by atoms with Crippen LogP contribution in [0.5, 0.6) is 0 Å². The smallest absolute Gasteiger partial charge is 0.328 e.